The van der Waals surface area contributed by atoms with Crippen LogP contribution in [0.1, 0.15) is 44.2 Å². The molecule has 140 valence electrons. The maximum Gasteiger partial charge on any atom is 0.251 e. The van der Waals surface area contributed by atoms with E-state index in [2.05, 4.69) is 17.0 Å². The average Bonchev–Trinajstić information content (AvgIpc) is 3.18. The lowest BCUT2D eigenvalue weighted by molar-refractivity contribution is -0.123. The topological polar surface area (TPSA) is 75.3 Å². The molecule has 0 spiro atoms. The number of hydrogen-bond donors (Lipinski definition) is 2. The second-order valence-electron chi connectivity index (χ2n) is 6.86. The highest BCUT2D eigenvalue weighted by molar-refractivity contribution is 7.91. The molecule has 1 aromatic heterocycles. The zero-order chi connectivity index (χ0) is 18.6. The Morgan fingerprint density at radius 2 is 1.77 bits per heavy atom. The number of amides is 1. The number of nitrogens with one attached hydrogen (secondary N) is 2. The van der Waals surface area contributed by atoms with E-state index >= 15 is 0 Å². The molecule has 1 fully saturated rings. The third-order valence-electron chi connectivity index (χ3n) is 4.79. The van der Waals surface area contributed by atoms with Crippen LogP contribution in [0.2, 0.25) is 0 Å². The van der Waals surface area contributed by atoms with Crippen molar-refractivity contribution >= 4 is 27.3 Å². The Hall–Kier alpha value is -1.70. The van der Waals surface area contributed by atoms with Crippen LogP contribution in [0.15, 0.2) is 52.1 Å². The van der Waals surface area contributed by atoms with Crippen LogP contribution < -0.4 is 10.0 Å². The van der Waals surface area contributed by atoms with Gasteiger partial charge in [0.2, 0.25) is 5.91 Å². The van der Waals surface area contributed by atoms with Gasteiger partial charge in [0.05, 0.1) is 0 Å². The first-order valence-corrected chi connectivity index (χ1v) is 11.2. The molecule has 0 radical (unpaired) electrons. The zero-order valence-electron chi connectivity index (χ0n) is 14.7. The number of sulfonamides is 1. The van der Waals surface area contributed by atoms with E-state index in [1.54, 1.807) is 35.7 Å². The molecule has 0 bridgehead atoms. The highest BCUT2D eigenvalue weighted by Crippen LogP contribution is 2.25. The molecule has 0 aliphatic heterocycles. The van der Waals surface area contributed by atoms with Gasteiger partial charge in [0.15, 0.2) is 0 Å². The summed E-state index contributed by atoms with van der Waals surface area (Å²) >= 11 is 1.13. The Bertz CT molecular complexity index is 812. The molecule has 7 heteroatoms. The first kappa shape index (κ1) is 19.1. The Morgan fingerprint density at radius 1 is 1.08 bits per heavy atom. The molecule has 1 aromatic carbocycles. The molecule has 2 N–H and O–H groups in total. The summed E-state index contributed by atoms with van der Waals surface area (Å²) < 4.78 is 28.1. The number of benzene rings is 1. The lowest BCUT2D eigenvalue weighted by atomic mass is 9.87. The predicted molar refractivity (Wildman–Crippen MR) is 103 cm³/mol. The molecular weight excluding hydrogens is 368 g/mol. The Morgan fingerprint density at radius 3 is 2.38 bits per heavy atom. The van der Waals surface area contributed by atoms with E-state index in [4.69, 9.17) is 0 Å². The molecule has 3 rings (SSSR count). The van der Waals surface area contributed by atoms with Crippen LogP contribution in [0.3, 0.4) is 0 Å². The average molecular weight is 393 g/mol. The first-order chi connectivity index (χ1) is 12.5. The fourth-order valence-electron chi connectivity index (χ4n) is 3.24. The van der Waals surface area contributed by atoms with Crippen molar-refractivity contribution in [3.63, 3.8) is 0 Å². The molecule has 1 saturated carbocycles. The highest BCUT2D eigenvalue weighted by Gasteiger charge is 2.30. The molecule has 2 aromatic rings. The predicted octanol–water partition coefficient (Wildman–Crippen LogP) is 3.46. The van der Waals surface area contributed by atoms with E-state index < -0.39 is 16.1 Å². The minimum atomic E-state index is -3.75. The van der Waals surface area contributed by atoms with Crippen LogP contribution in [0.5, 0.6) is 0 Å². The van der Waals surface area contributed by atoms with Crippen LogP contribution in [0.25, 0.3) is 0 Å². The first-order valence-electron chi connectivity index (χ1n) is 8.87. The summed E-state index contributed by atoms with van der Waals surface area (Å²) in [5.41, 5.74) is 0.634. The standard InChI is InChI=1S/C19H24N2O3S2/c1-14-9-11-16(12-10-14)20-19(22)18(15-6-3-2-4-7-15)21-26(23,24)17-8-5-13-25-17/h2-8,13-14,16,18,21H,9-12H2,1H3,(H,20,22)/t14?,16?,18-/m0/s1. The highest BCUT2D eigenvalue weighted by atomic mass is 32.2. The van der Waals surface area contributed by atoms with Gasteiger partial charge >= 0.3 is 0 Å². The van der Waals surface area contributed by atoms with E-state index in [-0.39, 0.29) is 16.2 Å². The van der Waals surface area contributed by atoms with Crippen LogP contribution in [0.4, 0.5) is 0 Å². The van der Waals surface area contributed by atoms with E-state index in [1.807, 2.05) is 6.07 Å². The summed E-state index contributed by atoms with van der Waals surface area (Å²) in [6, 6.07) is 11.4. The number of carbonyl (C=O) groups is 1. The second kappa shape index (κ2) is 8.33. The maximum absolute atomic E-state index is 12.9. The minimum Gasteiger partial charge on any atom is -0.352 e. The zero-order valence-corrected chi connectivity index (χ0v) is 16.4. The van der Waals surface area contributed by atoms with E-state index in [1.165, 1.54) is 6.07 Å². The molecule has 26 heavy (non-hydrogen) atoms. The van der Waals surface area contributed by atoms with Crippen LogP contribution in [0, 0.1) is 5.92 Å². The molecular formula is C19H24N2O3S2. The SMILES string of the molecule is CC1CCC(NC(=O)[C@@H](NS(=O)(=O)c2cccs2)c2ccccc2)CC1. The summed E-state index contributed by atoms with van der Waals surface area (Å²) in [5, 5.41) is 4.75. The van der Waals surface area contributed by atoms with Crippen molar-refractivity contribution in [1.82, 2.24) is 10.0 Å². The summed E-state index contributed by atoms with van der Waals surface area (Å²) in [5.74, 6) is 0.390. The van der Waals surface area contributed by atoms with Gasteiger partial charge in [0.1, 0.15) is 10.3 Å². The Labute approximate surface area is 158 Å². The Kier molecular flexibility index (Phi) is 6.11. The van der Waals surface area contributed by atoms with Gasteiger partial charge in [-0.2, -0.15) is 4.72 Å². The third kappa shape index (κ3) is 4.72. The molecule has 1 heterocycles. The van der Waals surface area contributed by atoms with Gasteiger partial charge in [-0.05, 0) is 48.6 Å². The number of rotatable bonds is 6. The number of carbonyl (C=O) groups excluding carboxylic acids is 1. The molecule has 0 saturated heterocycles. The lowest BCUT2D eigenvalue weighted by Crippen LogP contribution is -2.45. The van der Waals surface area contributed by atoms with Crippen molar-refractivity contribution < 1.29 is 13.2 Å². The quantitative estimate of drug-likeness (QED) is 0.790. The molecule has 1 aliphatic carbocycles. The minimum absolute atomic E-state index is 0.108. The van der Waals surface area contributed by atoms with Crippen LogP contribution in [-0.2, 0) is 14.8 Å². The molecule has 5 nitrogen and oxygen atoms in total. The van der Waals surface area contributed by atoms with Gasteiger partial charge in [-0.15, -0.1) is 11.3 Å². The second-order valence-corrected chi connectivity index (χ2v) is 9.75. The van der Waals surface area contributed by atoms with Crippen molar-refractivity contribution in [2.24, 2.45) is 5.92 Å². The van der Waals surface area contributed by atoms with Crippen molar-refractivity contribution in [1.29, 1.82) is 0 Å². The monoisotopic (exact) mass is 392 g/mol. The van der Waals surface area contributed by atoms with E-state index in [0.29, 0.717) is 11.5 Å². The smallest absolute Gasteiger partial charge is 0.251 e. The Balaban J connectivity index is 1.79. The summed E-state index contributed by atoms with van der Waals surface area (Å²) in [6.45, 7) is 2.22. The van der Waals surface area contributed by atoms with Gasteiger partial charge in [-0.25, -0.2) is 8.42 Å². The molecule has 1 amide bonds. The maximum atomic E-state index is 12.9. The van der Waals surface area contributed by atoms with Crippen LogP contribution >= 0.6 is 11.3 Å². The van der Waals surface area contributed by atoms with Crippen molar-refractivity contribution in [2.45, 2.75) is 48.9 Å². The van der Waals surface area contributed by atoms with Gasteiger partial charge in [0, 0.05) is 6.04 Å². The van der Waals surface area contributed by atoms with Crippen molar-refractivity contribution in [3.05, 3.63) is 53.4 Å². The number of hydrogen-bond acceptors (Lipinski definition) is 4. The largest absolute Gasteiger partial charge is 0.352 e. The van der Waals surface area contributed by atoms with Gasteiger partial charge < -0.3 is 5.32 Å². The van der Waals surface area contributed by atoms with Gasteiger partial charge in [0.25, 0.3) is 10.0 Å². The van der Waals surface area contributed by atoms with E-state index in [0.717, 1.165) is 37.0 Å². The van der Waals surface area contributed by atoms with Gasteiger partial charge in [-0.3, -0.25) is 4.79 Å². The van der Waals surface area contributed by atoms with E-state index in [9.17, 15) is 13.2 Å². The fourth-order valence-corrected chi connectivity index (χ4v) is 5.43. The van der Waals surface area contributed by atoms with Crippen LogP contribution in [-0.4, -0.2) is 20.4 Å². The number of thiophene rings is 1. The fraction of sp³-hybridized carbons (Fsp3) is 0.421. The molecule has 1 atom stereocenters. The lowest BCUT2D eigenvalue weighted by Gasteiger charge is -2.28. The summed E-state index contributed by atoms with van der Waals surface area (Å²) in [4.78, 5) is 12.9. The summed E-state index contributed by atoms with van der Waals surface area (Å²) in [7, 11) is -3.75. The third-order valence-corrected chi connectivity index (χ3v) is 7.61. The van der Waals surface area contributed by atoms with Crippen molar-refractivity contribution in [2.75, 3.05) is 0 Å². The van der Waals surface area contributed by atoms with Crippen molar-refractivity contribution in [3.8, 4) is 0 Å². The summed E-state index contributed by atoms with van der Waals surface area (Å²) in [6.07, 6.45) is 4.04. The van der Waals surface area contributed by atoms with Gasteiger partial charge in [-0.1, -0.05) is 43.3 Å². The molecule has 0 unspecified atom stereocenters. The normalized spacial score (nSPS) is 21.9. The molecule has 1 aliphatic rings.